The third-order valence-corrected chi connectivity index (χ3v) is 6.71. The van der Waals surface area contributed by atoms with Crippen molar-refractivity contribution in [2.45, 2.75) is 18.9 Å². The van der Waals surface area contributed by atoms with Gasteiger partial charge in [0, 0.05) is 32.7 Å². The molecule has 0 N–H and O–H groups in total. The second kappa shape index (κ2) is 8.51. The van der Waals surface area contributed by atoms with Crippen molar-refractivity contribution >= 4 is 29.0 Å². The Morgan fingerprint density at radius 3 is 2.69 bits per heavy atom. The molecule has 0 spiro atoms. The molecule has 32 heavy (non-hydrogen) atoms. The molecule has 2 amide bonds. The lowest BCUT2D eigenvalue weighted by molar-refractivity contribution is -0.135. The molecule has 164 valence electrons. The first-order valence-corrected chi connectivity index (χ1v) is 11.4. The number of thiophene rings is 1. The minimum atomic E-state index is -0.415. The van der Waals surface area contributed by atoms with Crippen LogP contribution in [0.5, 0.6) is 0 Å². The van der Waals surface area contributed by atoms with E-state index >= 15 is 0 Å². The maximum absolute atomic E-state index is 13.2. The molecule has 1 atom stereocenters. The molecule has 0 aromatic carbocycles. The first-order valence-electron chi connectivity index (χ1n) is 10.5. The molecule has 2 saturated heterocycles. The van der Waals surface area contributed by atoms with Gasteiger partial charge in [-0.2, -0.15) is 10.2 Å². The van der Waals surface area contributed by atoms with Crippen LogP contribution in [0.25, 0.3) is 11.7 Å². The molecular formula is C22H21N5O4S. The summed E-state index contributed by atoms with van der Waals surface area (Å²) in [4.78, 5) is 36.4. The largest absolute Gasteiger partial charge is 0.459 e. The molecule has 2 aliphatic rings. The van der Waals surface area contributed by atoms with Gasteiger partial charge >= 0.3 is 0 Å². The maximum Gasteiger partial charge on any atom is 0.266 e. The van der Waals surface area contributed by atoms with Gasteiger partial charge in [-0.3, -0.25) is 9.59 Å². The van der Waals surface area contributed by atoms with Crippen molar-refractivity contribution in [1.29, 1.82) is 5.26 Å². The molecule has 0 unspecified atom stereocenters. The van der Waals surface area contributed by atoms with Gasteiger partial charge in [-0.15, -0.1) is 11.3 Å². The number of aromatic nitrogens is 1. The van der Waals surface area contributed by atoms with Gasteiger partial charge < -0.3 is 23.5 Å². The number of hydrogen-bond acceptors (Lipinski definition) is 8. The maximum atomic E-state index is 13.2. The average Bonchev–Trinajstić information content (AvgIpc) is 3.64. The van der Waals surface area contributed by atoms with Crippen LogP contribution in [-0.4, -0.2) is 65.4 Å². The van der Waals surface area contributed by atoms with Crippen LogP contribution < -0.4 is 4.90 Å². The summed E-state index contributed by atoms with van der Waals surface area (Å²) in [5.74, 6) is 1.02. The fourth-order valence-corrected chi connectivity index (χ4v) is 4.93. The van der Waals surface area contributed by atoms with Crippen LogP contribution in [0.4, 0.5) is 5.88 Å². The number of carbonyl (C=O) groups is 2. The zero-order valence-corrected chi connectivity index (χ0v) is 18.1. The van der Waals surface area contributed by atoms with Crippen molar-refractivity contribution in [3.05, 3.63) is 46.5 Å². The minimum absolute atomic E-state index is 0.0126. The highest BCUT2D eigenvalue weighted by Crippen LogP contribution is 2.30. The Balaban J connectivity index is 1.25. The van der Waals surface area contributed by atoms with E-state index in [1.54, 1.807) is 28.0 Å². The van der Waals surface area contributed by atoms with Gasteiger partial charge in [0.1, 0.15) is 12.1 Å². The molecule has 2 aliphatic heterocycles. The predicted octanol–water partition coefficient (Wildman–Crippen LogP) is 2.82. The molecule has 0 bridgehead atoms. The van der Waals surface area contributed by atoms with Crippen LogP contribution in [0.15, 0.2) is 44.7 Å². The highest BCUT2D eigenvalue weighted by atomic mass is 32.1. The van der Waals surface area contributed by atoms with Crippen molar-refractivity contribution in [3.63, 3.8) is 0 Å². The zero-order valence-electron chi connectivity index (χ0n) is 17.3. The van der Waals surface area contributed by atoms with E-state index in [0.29, 0.717) is 55.7 Å². The van der Waals surface area contributed by atoms with E-state index in [4.69, 9.17) is 8.83 Å². The average molecular weight is 452 g/mol. The van der Waals surface area contributed by atoms with Crippen molar-refractivity contribution in [2.75, 3.05) is 37.6 Å². The number of furan rings is 1. The van der Waals surface area contributed by atoms with E-state index in [2.05, 4.69) is 11.1 Å². The Kier molecular flexibility index (Phi) is 5.41. The van der Waals surface area contributed by atoms with Crippen LogP contribution in [0.2, 0.25) is 0 Å². The number of carbonyl (C=O) groups excluding carboxylic acids is 2. The van der Waals surface area contributed by atoms with Gasteiger partial charge in [0.05, 0.1) is 11.1 Å². The van der Waals surface area contributed by atoms with Crippen LogP contribution in [0, 0.1) is 11.3 Å². The number of piperazine rings is 1. The van der Waals surface area contributed by atoms with Crippen LogP contribution in [-0.2, 0) is 4.79 Å². The van der Waals surface area contributed by atoms with E-state index in [1.807, 2.05) is 16.3 Å². The molecule has 2 fully saturated rings. The molecule has 3 aromatic rings. The molecular weight excluding hydrogens is 430 g/mol. The second-order valence-corrected chi connectivity index (χ2v) is 8.66. The number of amides is 2. The number of likely N-dealkylation sites (tertiary alicyclic amines) is 1. The standard InChI is InChI=1S/C22H21N5O4S/c23-14-15-22(31-19(24-15)17-5-2-12-30-17)26-10-8-25(9-11-26)20(28)16-4-1-7-27(16)21(29)18-6-3-13-32-18/h2-3,5-6,12-13,16H,1,4,7-11H2/t16-/m0/s1. The lowest BCUT2D eigenvalue weighted by Gasteiger charge is -2.37. The van der Waals surface area contributed by atoms with Gasteiger partial charge in [0.15, 0.2) is 5.76 Å². The number of rotatable bonds is 4. The van der Waals surface area contributed by atoms with Crippen LogP contribution in [0.1, 0.15) is 28.2 Å². The lowest BCUT2D eigenvalue weighted by Crippen LogP contribution is -2.54. The van der Waals surface area contributed by atoms with Crippen LogP contribution in [0.3, 0.4) is 0 Å². The third kappa shape index (κ3) is 3.65. The van der Waals surface area contributed by atoms with Gasteiger partial charge in [-0.1, -0.05) is 6.07 Å². The molecule has 0 saturated carbocycles. The van der Waals surface area contributed by atoms with Crippen molar-refractivity contribution in [1.82, 2.24) is 14.8 Å². The molecule has 0 radical (unpaired) electrons. The van der Waals surface area contributed by atoms with Gasteiger partial charge in [0.2, 0.25) is 17.5 Å². The summed E-state index contributed by atoms with van der Waals surface area (Å²) in [6.45, 7) is 2.60. The van der Waals surface area contributed by atoms with E-state index in [9.17, 15) is 14.9 Å². The van der Waals surface area contributed by atoms with E-state index in [-0.39, 0.29) is 23.4 Å². The van der Waals surface area contributed by atoms with Crippen molar-refractivity contribution < 1.29 is 18.4 Å². The van der Waals surface area contributed by atoms with E-state index in [0.717, 1.165) is 6.42 Å². The highest BCUT2D eigenvalue weighted by molar-refractivity contribution is 7.12. The topological polar surface area (TPSA) is 107 Å². The van der Waals surface area contributed by atoms with Crippen LogP contribution >= 0.6 is 11.3 Å². The Labute approximate surface area is 188 Å². The lowest BCUT2D eigenvalue weighted by atomic mass is 10.1. The SMILES string of the molecule is N#Cc1nc(-c2ccco2)oc1N1CCN(C(=O)[C@@H]2CCCN2C(=O)c2cccs2)CC1. The third-order valence-electron chi connectivity index (χ3n) is 5.86. The number of nitrogens with zero attached hydrogens (tertiary/aromatic N) is 5. The van der Waals surface area contributed by atoms with Crippen molar-refractivity contribution in [3.8, 4) is 17.7 Å². The Morgan fingerprint density at radius 2 is 2.00 bits per heavy atom. The monoisotopic (exact) mass is 451 g/mol. The molecule has 10 heteroatoms. The van der Waals surface area contributed by atoms with E-state index in [1.165, 1.54) is 17.6 Å². The van der Waals surface area contributed by atoms with Gasteiger partial charge in [0.25, 0.3) is 11.8 Å². The normalized spacial score (nSPS) is 18.7. The summed E-state index contributed by atoms with van der Waals surface area (Å²) >= 11 is 1.40. The quantitative estimate of drug-likeness (QED) is 0.600. The van der Waals surface area contributed by atoms with Gasteiger partial charge in [-0.25, -0.2) is 0 Å². The molecule has 9 nitrogen and oxygen atoms in total. The Morgan fingerprint density at radius 1 is 1.16 bits per heavy atom. The number of oxazole rings is 1. The smallest absolute Gasteiger partial charge is 0.266 e. The molecule has 5 heterocycles. The molecule has 3 aromatic heterocycles. The minimum Gasteiger partial charge on any atom is -0.459 e. The Bertz CT molecular complexity index is 1140. The summed E-state index contributed by atoms with van der Waals surface area (Å²) in [6.07, 6.45) is 3.03. The molecule has 5 rings (SSSR count). The second-order valence-electron chi connectivity index (χ2n) is 7.71. The fraction of sp³-hybridized carbons (Fsp3) is 0.364. The van der Waals surface area contributed by atoms with E-state index < -0.39 is 6.04 Å². The summed E-state index contributed by atoms with van der Waals surface area (Å²) in [7, 11) is 0. The van der Waals surface area contributed by atoms with Crippen molar-refractivity contribution in [2.24, 2.45) is 0 Å². The summed E-state index contributed by atoms with van der Waals surface area (Å²) < 4.78 is 11.1. The summed E-state index contributed by atoms with van der Waals surface area (Å²) in [6, 6.07) is 8.75. The number of anilines is 1. The summed E-state index contributed by atoms with van der Waals surface area (Å²) in [5.41, 5.74) is 0.194. The highest BCUT2D eigenvalue weighted by Gasteiger charge is 2.38. The first kappa shape index (κ1) is 20.3. The fourth-order valence-electron chi connectivity index (χ4n) is 4.25. The number of nitriles is 1. The van der Waals surface area contributed by atoms with Gasteiger partial charge in [-0.05, 0) is 36.4 Å². The number of hydrogen-bond donors (Lipinski definition) is 0. The molecule has 0 aliphatic carbocycles. The predicted molar refractivity (Wildman–Crippen MR) is 116 cm³/mol. The summed E-state index contributed by atoms with van der Waals surface area (Å²) in [5, 5.41) is 11.3. The zero-order chi connectivity index (χ0) is 22.1. The first-order chi connectivity index (χ1) is 15.7. The Hall–Kier alpha value is -3.58.